The van der Waals surface area contributed by atoms with Gasteiger partial charge in [0.1, 0.15) is 0 Å². The van der Waals surface area contributed by atoms with Gasteiger partial charge in [0.05, 0.1) is 25.4 Å². The molecule has 0 aliphatic heterocycles. The van der Waals surface area contributed by atoms with Gasteiger partial charge in [0.15, 0.2) is 0 Å². The number of aliphatic hydroxyl groups is 1. The number of aliphatic hydroxyl groups excluding tert-OH is 1. The minimum absolute atomic E-state index is 0.209. The lowest BCUT2D eigenvalue weighted by Crippen LogP contribution is -2.38. The summed E-state index contributed by atoms with van der Waals surface area (Å²) in [4.78, 5) is 0. The van der Waals surface area contributed by atoms with Crippen LogP contribution in [0.1, 0.15) is 34.1 Å². The van der Waals surface area contributed by atoms with Crippen LogP contribution in [0.2, 0.25) is 0 Å². The number of hydrogen-bond donors (Lipinski definition) is 2. The highest BCUT2D eigenvalue weighted by Gasteiger charge is 2.10. The topological polar surface area (TPSA) is 50.7 Å². The number of methoxy groups -OCH3 is 1. The molecule has 0 bridgehead atoms. The van der Waals surface area contributed by atoms with Crippen molar-refractivity contribution < 1.29 is 14.6 Å². The summed E-state index contributed by atoms with van der Waals surface area (Å²) in [5, 5.41) is 12.9. The second-order valence-corrected chi connectivity index (χ2v) is 5.19. The summed E-state index contributed by atoms with van der Waals surface area (Å²) in [6, 6.07) is 0.253. The van der Waals surface area contributed by atoms with Gasteiger partial charge in [0.2, 0.25) is 0 Å². The minimum atomic E-state index is -0.455. The molecule has 0 amide bonds. The van der Waals surface area contributed by atoms with E-state index in [1.165, 1.54) is 0 Å². The molecule has 0 spiro atoms. The Labute approximate surface area is 106 Å². The van der Waals surface area contributed by atoms with Crippen molar-refractivity contribution in [2.24, 2.45) is 5.92 Å². The Morgan fingerprint density at radius 3 is 2.29 bits per heavy atom. The lowest BCUT2D eigenvalue weighted by Gasteiger charge is -2.19. The third-order valence-electron chi connectivity index (χ3n) is 2.50. The van der Waals surface area contributed by atoms with E-state index >= 15 is 0 Å². The average molecular weight is 247 g/mol. The lowest BCUT2D eigenvalue weighted by atomic mass is 10.1. The Balaban J connectivity index is 3.55. The molecule has 2 N–H and O–H groups in total. The molecule has 3 unspecified atom stereocenters. The molecule has 0 heterocycles. The maximum atomic E-state index is 9.72. The van der Waals surface area contributed by atoms with Crippen LogP contribution in [0.3, 0.4) is 0 Å². The fourth-order valence-electron chi connectivity index (χ4n) is 1.71. The number of ether oxygens (including phenoxy) is 2. The summed E-state index contributed by atoms with van der Waals surface area (Å²) < 4.78 is 10.6. The van der Waals surface area contributed by atoms with Gasteiger partial charge in [-0.3, -0.25) is 0 Å². The van der Waals surface area contributed by atoms with E-state index in [0.717, 1.165) is 6.42 Å². The van der Waals surface area contributed by atoms with Gasteiger partial charge in [-0.05, 0) is 26.2 Å². The van der Waals surface area contributed by atoms with E-state index in [9.17, 15) is 5.11 Å². The summed E-state index contributed by atoms with van der Waals surface area (Å²) in [5.74, 6) is 0.627. The van der Waals surface area contributed by atoms with Crippen LogP contribution >= 0.6 is 0 Å². The Morgan fingerprint density at radius 1 is 1.12 bits per heavy atom. The molecule has 0 rings (SSSR count). The molecule has 4 nitrogen and oxygen atoms in total. The fourth-order valence-corrected chi connectivity index (χ4v) is 1.71. The van der Waals surface area contributed by atoms with Crippen molar-refractivity contribution in [3.05, 3.63) is 0 Å². The van der Waals surface area contributed by atoms with E-state index < -0.39 is 6.10 Å². The molecule has 3 atom stereocenters. The third kappa shape index (κ3) is 10.7. The smallest absolute Gasteiger partial charge is 0.0897 e. The Morgan fingerprint density at radius 2 is 1.76 bits per heavy atom. The van der Waals surface area contributed by atoms with E-state index in [1.54, 1.807) is 7.11 Å². The lowest BCUT2D eigenvalue weighted by molar-refractivity contribution is -0.00983. The summed E-state index contributed by atoms with van der Waals surface area (Å²) in [7, 11) is 1.67. The van der Waals surface area contributed by atoms with Crippen LogP contribution in [-0.4, -0.2) is 50.2 Å². The molecule has 104 valence electrons. The highest BCUT2D eigenvalue weighted by atomic mass is 16.5. The van der Waals surface area contributed by atoms with Gasteiger partial charge in [0.25, 0.3) is 0 Å². The average Bonchev–Trinajstić information content (AvgIpc) is 2.23. The molecular weight excluding hydrogens is 218 g/mol. The number of rotatable bonds is 10. The maximum absolute atomic E-state index is 9.72. The first-order valence-electron chi connectivity index (χ1n) is 6.47. The van der Waals surface area contributed by atoms with Crippen LogP contribution in [-0.2, 0) is 9.47 Å². The van der Waals surface area contributed by atoms with E-state index in [2.05, 4.69) is 19.2 Å². The summed E-state index contributed by atoms with van der Waals surface area (Å²) in [6.07, 6.45) is 0.783. The summed E-state index contributed by atoms with van der Waals surface area (Å²) in [5.41, 5.74) is 0. The molecule has 0 aliphatic carbocycles. The predicted molar refractivity (Wildman–Crippen MR) is 70.2 cm³/mol. The number of nitrogens with one attached hydrogen (secondary N) is 1. The van der Waals surface area contributed by atoms with Crippen molar-refractivity contribution >= 4 is 0 Å². The van der Waals surface area contributed by atoms with Crippen molar-refractivity contribution in [1.29, 1.82) is 0 Å². The first-order valence-corrected chi connectivity index (χ1v) is 6.47. The van der Waals surface area contributed by atoms with Gasteiger partial charge in [0, 0.05) is 19.7 Å². The van der Waals surface area contributed by atoms with Crippen molar-refractivity contribution in [2.75, 3.05) is 26.9 Å². The largest absolute Gasteiger partial charge is 0.389 e. The molecule has 4 heteroatoms. The first kappa shape index (κ1) is 16.8. The van der Waals surface area contributed by atoms with E-state index in [1.807, 2.05) is 13.8 Å². The fraction of sp³-hybridized carbons (Fsp3) is 1.00. The molecule has 0 fully saturated rings. The van der Waals surface area contributed by atoms with Gasteiger partial charge < -0.3 is 19.9 Å². The monoisotopic (exact) mass is 247 g/mol. The first-order chi connectivity index (χ1) is 7.95. The molecule has 17 heavy (non-hydrogen) atoms. The van der Waals surface area contributed by atoms with Crippen LogP contribution in [0.25, 0.3) is 0 Å². The summed E-state index contributed by atoms with van der Waals surface area (Å²) >= 11 is 0. The molecule has 0 saturated heterocycles. The SMILES string of the molecule is COCC(C)NCC(O)COC(C)CC(C)C. The molecule has 0 aliphatic rings. The van der Waals surface area contributed by atoms with E-state index in [-0.39, 0.29) is 12.1 Å². The van der Waals surface area contributed by atoms with Crippen molar-refractivity contribution in [1.82, 2.24) is 5.32 Å². The highest BCUT2D eigenvalue weighted by Crippen LogP contribution is 2.07. The van der Waals surface area contributed by atoms with Gasteiger partial charge in [-0.2, -0.15) is 0 Å². The second kappa shape index (κ2) is 9.83. The predicted octanol–water partition coefficient (Wildman–Crippen LogP) is 1.42. The molecule has 0 aromatic heterocycles. The zero-order valence-corrected chi connectivity index (χ0v) is 11.9. The van der Waals surface area contributed by atoms with Crippen molar-refractivity contribution in [2.45, 2.75) is 52.4 Å². The standard InChI is InChI=1S/C13H29NO3/c1-10(2)6-12(4)17-9-13(15)7-14-11(3)8-16-5/h10-15H,6-9H2,1-5H3. The van der Waals surface area contributed by atoms with Gasteiger partial charge >= 0.3 is 0 Å². The van der Waals surface area contributed by atoms with Crippen LogP contribution < -0.4 is 5.32 Å². The molecule has 0 radical (unpaired) electrons. The third-order valence-corrected chi connectivity index (χ3v) is 2.50. The Hall–Kier alpha value is -0.160. The van der Waals surface area contributed by atoms with E-state index in [0.29, 0.717) is 25.7 Å². The van der Waals surface area contributed by atoms with Crippen molar-refractivity contribution in [3.8, 4) is 0 Å². The highest BCUT2D eigenvalue weighted by molar-refractivity contribution is 4.65. The molecule has 0 aromatic rings. The zero-order valence-electron chi connectivity index (χ0n) is 11.9. The zero-order chi connectivity index (χ0) is 13.3. The quantitative estimate of drug-likeness (QED) is 0.613. The Bertz CT molecular complexity index is 176. The molecule has 0 aromatic carbocycles. The normalized spacial score (nSPS) is 17.1. The van der Waals surface area contributed by atoms with E-state index in [4.69, 9.17) is 9.47 Å². The van der Waals surface area contributed by atoms with Gasteiger partial charge in [-0.15, -0.1) is 0 Å². The Kier molecular flexibility index (Phi) is 9.74. The van der Waals surface area contributed by atoms with Gasteiger partial charge in [-0.25, -0.2) is 0 Å². The van der Waals surface area contributed by atoms with Crippen LogP contribution in [0, 0.1) is 5.92 Å². The summed E-state index contributed by atoms with van der Waals surface area (Å²) in [6.45, 7) is 10.00. The molecule has 0 saturated carbocycles. The number of hydrogen-bond acceptors (Lipinski definition) is 4. The minimum Gasteiger partial charge on any atom is -0.389 e. The van der Waals surface area contributed by atoms with Gasteiger partial charge in [-0.1, -0.05) is 13.8 Å². The van der Waals surface area contributed by atoms with Crippen LogP contribution in [0.4, 0.5) is 0 Å². The molecular formula is C13H29NO3. The second-order valence-electron chi connectivity index (χ2n) is 5.19. The van der Waals surface area contributed by atoms with Crippen molar-refractivity contribution in [3.63, 3.8) is 0 Å². The maximum Gasteiger partial charge on any atom is 0.0897 e. The van der Waals surface area contributed by atoms with Crippen LogP contribution in [0.15, 0.2) is 0 Å². The van der Waals surface area contributed by atoms with Crippen LogP contribution in [0.5, 0.6) is 0 Å².